The zero-order valence-corrected chi connectivity index (χ0v) is 12.0. The molecule has 1 aliphatic carbocycles. The molecule has 1 fully saturated rings. The third kappa shape index (κ3) is 6.94. The van der Waals surface area contributed by atoms with Gasteiger partial charge in [0.25, 0.3) is 0 Å². The van der Waals surface area contributed by atoms with Crippen LogP contribution in [0.3, 0.4) is 0 Å². The highest BCUT2D eigenvalue weighted by Gasteiger charge is 2.28. The summed E-state index contributed by atoms with van der Waals surface area (Å²) in [6.07, 6.45) is 9.65. The van der Waals surface area contributed by atoms with Gasteiger partial charge in [-0.1, -0.05) is 12.8 Å². The maximum Gasteiger partial charge on any atom is 0.236 e. The van der Waals surface area contributed by atoms with Crippen LogP contribution in [0.25, 0.3) is 0 Å². The highest BCUT2D eigenvalue weighted by atomic mass is 32.2. The van der Waals surface area contributed by atoms with Crippen LogP contribution in [0.2, 0.25) is 0 Å². The maximum atomic E-state index is 11.7. The quantitative estimate of drug-likeness (QED) is 0.609. The second kappa shape index (κ2) is 8.81. The molecule has 0 bridgehead atoms. The monoisotopic (exact) mass is 258 g/mol. The summed E-state index contributed by atoms with van der Waals surface area (Å²) in [7, 11) is 1.92. The van der Waals surface area contributed by atoms with Crippen molar-refractivity contribution < 1.29 is 4.79 Å². The molecule has 100 valence electrons. The lowest BCUT2D eigenvalue weighted by atomic mass is 10.2. The maximum absolute atomic E-state index is 11.7. The number of rotatable bonds is 10. The van der Waals surface area contributed by atoms with E-state index in [9.17, 15) is 4.79 Å². The van der Waals surface area contributed by atoms with E-state index in [0.29, 0.717) is 12.6 Å². The van der Waals surface area contributed by atoms with Crippen LogP contribution < -0.4 is 5.32 Å². The average molecular weight is 258 g/mol. The molecule has 0 heterocycles. The Hall–Kier alpha value is -0.220. The van der Waals surface area contributed by atoms with Crippen LogP contribution in [-0.2, 0) is 4.79 Å². The van der Waals surface area contributed by atoms with Gasteiger partial charge in [0, 0.05) is 13.1 Å². The smallest absolute Gasteiger partial charge is 0.236 e. The van der Waals surface area contributed by atoms with Gasteiger partial charge < -0.3 is 10.2 Å². The summed E-state index contributed by atoms with van der Waals surface area (Å²) < 4.78 is 0. The molecule has 0 saturated heterocycles. The number of amides is 1. The van der Waals surface area contributed by atoms with Crippen LogP contribution in [0.5, 0.6) is 0 Å². The van der Waals surface area contributed by atoms with E-state index in [1.807, 2.05) is 23.7 Å². The number of hydrogen-bond acceptors (Lipinski definition) is 3. The first-order valence-electron chi connectivity index (χ1n) is 6.71. The topological polar surface area (TPSA) is 32.3 Å². The number of nitrogens with one attached hydrogen (secondary N) is 1. The Morgan fingerprint density at radius 3 is 2.65 bits per heavy atom. The second-order valence-corrected chi connectivity index (χ2v) is 5.81. The Balaban J connectivity index is 1.84. The minimum Gasteiger partial charge on any atom is -0.342 e. The molecule has 0 unspecified atom stereocenters. The first-order chi connectivity index (χ1) is 8.25. The summed E-state index contributed by atoms with van der Waals surface area (Å²) in [4.78, 5) is 13.6. The van der Waals surface area contributed by atoms with Crippen molar-refractivity contribution in [2.24, 2.45) is 0 Å². The molecule has 4 heteroatoms. The highest BCUT2D eigenvalue weighted by Crippen LogP contribution is 2.24. The van der Waals surface area contributed by atoms with Gasteiger partial charge in [0.05, 0.1) is 6.54 Å². The summed E-state index contributed by atoms with van der Waals surface area (Å²) >= 11 is 1.92. The van der Waals surface area contributed by atoms with Gasteiger partial charge in [0.15, 0.2) is 0 Å². The third-order valence-electron chi connectivity index (χ3n) is 3.22. The third-order valence-corrected chi connectivity index (χ3v) is 3.91. The van der Waals surface area contributed by atoms with Gasteiger partial charge >= 0.3 is 0 Å². The van der Waals surface area contributed by atoms with E-state index < -0.39 is 0 Å². The molecule has 1 N–H and O–H groups in total. The van der Waals surface area contributed by atoms with Crippen molar-refractivity contribution in [3.8, 4) is 0 Å². The van der Waals surface area contributed by atoms with E-state index in [2.05, 4.69) is 11.6 Å². The van der Waals surface area contributed by atoms with Crippen molar-refractivity contribution >= 4 is 17.7 Å². The molecule has 1 amide bonds. The molecule has 1 saturated carbocycles. The minimum atomic E-state index is 0.245. The predicted molar refractivity (Wildman–Crippen MR) is 75.5 cm³/mol. The van der Waals surface area contributed by atoms with Gasteiger partial charge in [-0.2, -0.15) is 11.8 Å². The normalized spacial score (nSPS) is 14.9. The number of hydrogen-bond donors (Lipinski definition) is 1. The van der Waals surface area contributed by atoms with Crippen molar-refractivity contribution in [2.75, 3.05) is 32.1 Å². The zero-order valence-electron chi connectivity index (χ0n) is 11.2. The molecule has 1 rings (SSSR count). The molecule has 0 atom stereocenters. The Morgan fingerprint density at radius 1 is 1.29 bits per heavy atom. The average Bonchev–Trinajstić information content (AvgIpc) is 3.15. The molecule has 17 heavy (non-hydrogen) atoms. The number of unbranched alkanes of at least 4 members (excludes halogenated alkanes) is 3. The van der Waals surface area contributed by atoms with Crippen molar-refractivity contribution in [1.82, 2.24) is 10.2 Å². The van der Waals surface area contributed by atoms with Crippen LogP contribution in [0.4, 0.5) is 0 Å². The Morgan fingerprint density at radius 2 is 2.00 bits per heavy atom. The zero-order chi connectivity index (χ0) is 12.5. The summed E-state index contributed by atoms with van der Waals surface area (Å²) in [6, 6.07) is 0.538. The fraction of sp³-hybridized carbons (Fsp3) is 0.923. The minimum absolute atomic E-state index is 0.245. The van der Waals surface area contributed by atoms with Gasteiger partial charge in [0.2, 0.25) is 5.91 Å². The molecular formula is C13H26N2OS. The predicted octanol–water partition coefficient (Wildman–Crippen LogP) is 2.12. The van der Waals surface area contributed by atoms with Crippen molar-refractivity contribution in [3.63, 3.8) is 0 Å². The van der Waals surface area contributed by atoms with Gasteiger partial charge in [-0.15, -0.1) is 0 Å². The van der Waals surface area contributed by atoms with Crippen molar-refractivity contribution in [2.45, 2.75) is 44.6 Å². The van der Waals surface area contributed by atoms with Gasteiger partial charge in [-0.05, 0) is 44.2 Å². The SMILES string of the molecule is CSCCCCCCNCC(=O)N(C)C1CC1. The van der Waals surface area contributed by atoms with E-state index >= 15 is 0 Å². The second-order valence-electron chi connectivity index (χ2n) is 4.82. The van der Waals surface area contributed by atoms with Crippen molar-refractivity contribution in [1.29, 1.82) is 0 Å². The fourth-order valence-electron chi connectivity index (χ4n) is 1.84. The Kier molecular flexibility index (Phi) is 7.69. The molecule has 0 radical (unpaired) electrons. The van der Waals surface area contributed by atoms with Gasteiger partial charge in [0.1, 0.15) is 0 Å². The van der Waals surface area contributed by atoms with Crippen LogP contribution in [0.1, 0.15) is 38.5 Å². The summed E-state index contributed by atoms with van der Waals surface area (Å²) in [5.74, 6) is 1.52. The summed E-state index contributed by atoms with van der Waals surface area (Å²) in [5, 5.41) is 3.24. The Bertz CT molecular complexity index is 219. The molecular weight excluding hydrogens is 232 g/mol. The molecule has 0 aliphatic heterocycles. The van der Waals surface area contributed by atoms with E-state index in [4.69, 9.17) is 0 Å². The molecule has 0 spiro atoms. The van der Waals surface area contributed by atoms with E-state index in [1.165, 1.54) is 44.3 Å². The van der Waals surface area contributed by atoms with Gasteiger partial charge in [-0.3, -0.25) is 4.79 Å². The lowest BCUT2D eigenvalue weighted by Gasteiger charge is -2.16. The van der Waals surface area contributed by atoms with Gasteiger partial charge in [-0.25, -0.2) is 0 Å². The number of carbonyl (C=O) groups is 1. The number of nitrogens with zero attached hydrogens (tertiary/aromatic N) is 1. The molecule has 0 aromatic carbocycles. The number of thioether (sulfide) groups is 1. The Labute approximate surface area is 110 Å². The molecule has 0 aromatic rings. The molecule has 0 aromatic heterocycles. The number of likely N-dealkylation sites (N-methyl/N-ethyl adjacent to an activating group) is 1. The van der Waals surface area contributed by atoms with E-state index in [-0.39, 0.29) is 5.91 Å². The van der Waals surface area contributed by atoms with Crippen LogP contribution >= 0.6 is 11.8 Å². The highest BCUT2D eigenvalue weighted by molar-refractivity contribution is 7.98. The van der Waals surface area contributed by atoms with Crippen LogP contribution in [0.15, 0.2) is 0 Å². The standard InChI is InChI=1S/C13H26N2OS/c1-15(12-7-8-12)13(16)11-14-9-5-3-4-6-10-17-2/h12,14H,3-11H2,1-2H3. The first-order valence-corrected chi connectivity index (χ1v) is 8.10. The molecule has 1 aliphatic rings. The molecule has 3 nitrogen and oxygen atoms in total. The fourth-order valence-corrected chi connectivity index (χ4v) is 2.33. The first kappa shape index (κ1) is 14.8. The van der Waals surface area contributed by atoms with Crippen LogP contribution in [-0.4, -0.2) is 49.0 Å². The summed E-state index contributed by atoms with van der Waals surface area (Å²) in [5.41, 5.74) is 0. The van der Waals surface area contributed by atoms with Crippen molar-refractivity contribution in [3.05, 3.63) is 0 Å². The van der Waals surface area contributed by atoms with E-state index in [1.54, 1.807) is 0 Å². The number of carbonyl (C=O) groups excluding carboxylic acids is 1. The lowest BCUT2D eigenvalue weighted by molar-refractivity contribution is -0.129. The van der Waals surface area contributed by atoms with E-state index in [0.717, 1.165) is 6.54 Å². The lowest BCUT2D eigenvalue weighted by Crippen LogP contribution is -2.37. The van der Waals surface area contributed by atoms with Crippen LogP contribution in [0, 0.1) is 0 Å². The summed E-state index contributed by atoms with van der Waals surface area (Å²) in [6.45, 7) is 1.49. The largest absolute Gasteiger partial charge is 0.342 e.